The zero-order valence-electron chi connectivity index (χ0n) is 13.6. The van der Waals surface area contributed by atoms with Gasteiger partial charge >= 0.3 is 0 Å². The summed E-state index contributed by atoms with van der Waals surface area (Å²) in [6.07, 6.45) is 2.13. The maximum atomic E-state index is 12.9. The Balaban J connectivity index is 1.83. The van der Waals surface area contributed by atoms with Crippen LogP contribution >= 0.6 is 22.6 Å². The van der Waals surface area contributed by atoms with Crippen LogP contribution in [-0.2, 0) is 14.8 Å². The first-order valence-electron chi connectivity index (χ1n) is 8.12. The minimum Gasteiger partial charge on any atom is -0.325 e. The first-order valence-corrected chi connectivity index (χ1v) is 10.6. The molecule has 0 unspecified atom stereocenters. The van der Waals surface area contributed by atoms with Gasteiger partial charge in [-0.25, -0.2) is 8.42 Å². The van der Waals surface area contributed by atoms with E-state index in [4.69, 9.17) is 0 Å². The van der Waals surface area contributed by atoms with Crippen molar-refractivity contribution in [2.75, 3.05) is 11.9 Å². The highest BCUT2D eigenvalue weighted by Crippen LogP contribution is 2.26. The monoisotopic (exact) mass is 470 g/mol. The number of anilines is 1. The average molecular weight is 470 g/mol. The molecule has 1 heterocycles. The molecular weight excluding hydrogens is 451 g/mol. The molecule has 1 N–H and O–H groups in total. The van der Waals surface area contributed by atoms with E-state index in [0.717, 1.165) is 16.4 Å². The van der Waals surface area contributed by atoms with Crippen LogP contribution in [0.15, 0.2) is 59.5 Å². The van der Waals surface area contributed by atoms with Crippen molar-refractivity contribution in [3.63, 3.8) is 0 Å². The van der Waals surface area contributed by atoms with Gasteiger partial charge in [0, 0.05) is 15.8 Å². The summed E-state index contributed by atoms with van der Waals surface area (Å²) < 4.78 is 28.3. The molecule has 0 spiro atoms. The lowest BCUT2D eigenvalue weighted by atomic mass is 10.0. The highest BCUT2D eigenvalue weighted by Gasteiger charge is 2.37. The fourth-order valence-electron chi connectivity index (χ4n) is 2.94. The van der Waals surface area contributed by atoms with Crippen molar-refractivity contribution in [3.05, 3.63) is 58.2 Å². The summed E-state index contributed by atoms with van der Waals surface area (Å²) >= 11 is 2.19. The molecule has 1 atom stereocenters. The van der Waals surface area contributed by atoms with Crippen LogP contribution in [0.25, 0.3) is 0 Å². The van der Waals surface area contributed by atoms with E-state index in [1.807, 2.05) is 24.3 Å². The fraction of sp³-hybridized carbons (Fsp3) is 0.278. The minimum absolute atomic E-state index is 0.226. The number of halogens is 1. The molecule has 0 bridgehead atoms. The molecule has 2 aromatic rings. The van der Waals surface area contributed by atoms with Crippen LogP contribution in [-0.4, -0.2) is 31.2 Å². The number of rotatable bonds is 4. The van der Waals surface area contributed by atoms with Gasteiger partial charge in [-0.3, -0.25) is 4.79 Å². The van der Waals surface area contributed by atoms with E-state index in [9.17, 15) is 13.2 Å². The van der Waals surface area contributed by atoms with Crippen LogP contribution in [0.2, 0.25) is 0 Å². The van der Waals surface area contributed by atoms with E-state index >= 15 is 0 Å². The fourth-order valence-corrected chi connectivity index (χ4v) is 4.98. The van der Waals surface area contributed by atoms with E-state index < -0.39 is 16.1 Å². The van der Waals surface area contributed by atoms with Gasteiger partial charge in [0.1, 0.15) is 6.04 Å². The van der Waals surface area contributed by atoms with Crippen molar-refractivity contribution < 1.29 is 13.2 Å². The second kappa shape index (κ2) is 7.84. The summed E-state index contributed by atoms with van der Waals surface area (Å²) in [5, 5.41) is 2.84. The van der Waals surface area contributed by atoms with Gasteiger partial charge in [0.25, 0.3) is 0 Å². The first kappa shape index (κ1) is 18.3. The largest absolute Gasteiger partial charge is 0.325 e. The summed E-state index contributed by atoms with van der Waals surface area (Å²) in [7, 11) is -3.68. The molecule has 1 aliphatic heterocycles. The van der Waals surface area contributed by atoms with Crippen LogP contribution < -0.4 is 5.32 Å². The molecule has 0 aliphatic carbocycles. The lowest BCUT2D eigenvalue weighted by molar-refractivity contribution is -0.120. The van der Waals surface area contributed by atoms with E-state index in [2.05, 4.69) is 27.9 Å². The number of nitrogens with one attached hydrogen (secondary N) is 1. The van der Waals surface area contributed by atoms with Crippen molar-refractivity contribution in [2.24, 2.45) is 0 Å². The van der Waals surface area contributed by atoms with E-state index in [-0.39, 0.29) is 10.8 Å². The van der Waals surface area contributed by atoms with Crippen LogP contribution in [0.3, 0.4) is 0 Å². The van der Waals surface area contributed by atoms with Gasteiger partial charge in [-0.05, 0) is 71.8 Å². The van der Waals surface area contributed by atoms with Gasteiger partial charge in [-0.2, -0.15) is 4.31 Å². The van der Waals surface area contributed by atoms with Crippen molar-refractivity contribution in [3.8, 4) is 0 Å². The Morgan fingerprint density at radius 2 is 1.72 bits per heavy atom. The number of sulfonamides is 1. The van der Waals surface area contributed by atoms with Gasteiger partial charge in [-0.1, -0.05) is 24.6 Å². The Morgan fingerprint density at radius 1 is 1.04 bits per heavy atom. The second-order valence-electron chi connectivity index (χ2n) is 5.94. The van der Waals surface area contributed by atoms with Crippen molar-refractivity contribution in [1.82, 2.24) is 4.31 Å². The first-order chi connectivity index (χ1) is 12.0. The third-order valence-corrected chi connectivity index (χ3v) is 6.86. The van der Waals surface area contributed by atoms with Crippen LogP contribution in [0.5, 0.6) is 0 Å². The lowest BCUT2D eigenvalue weighted by Gasteiger charge is -2.33. The van der Waals surface area contributed by atoms with E-state index in [1.54, 1.807) is 30.3 Å². The molecule has 0 radical (unpaired) electrons. The molecule has 5 nitrogen and oxygen atoms in total. The Labute approximate surface area is 161 Å². The summed E-state index contributed by atoms with van der Waals surface area (Å²) in [6, 6.07) is 15.0. The molecule has 1 aliphatic rings. The quantitative estimate of drug-likeness (QED) is 0.697. The van der Waals surface area contributed by atoms with E-state index in [1.165, 1.54) is 4.31 Å². The van der Waals surface area contributed by atoms with E-state index in [0.29, 0.717) is 18.7 Å². The summed E-state index contributed by atoms with van der Waals surface area (Å²) in [5.41, 5.74) is 0.674. The molecule has 7 heteroatoms. The molecule has 3 rings (SSSR count). The van der Waals surface area contributed by atoms with Crippen molar-refractivity contribution in [2.45, 2.75) is 30.2 Å². The molecule has 0 saturated carbocycles. The third-order valence-electron chi connectivity index (χ3n) is 4.22. The topological polar surface area (TPSA) is 66.5 Å². The summed E-state index contributed by atoms with van der Waals surface area (Å²) in [4.78, 5) is 12.9. The highest BCUT2D eigenvalue weighted by atomic mass is 127. The van der Waals surface area contributed by atoms with Gasteiger partial charge in [-0.15, -0.1) is 0 Å². The normalized spacial score (nSPS) is 18.7. The number of nitrogens with zero attached hydrogens (tertiary/aromatic N) is 1. The predicted octanol–water partition coefficient (Wildman–Crippen LogP) is 3.47. The molecule has 1 fully saturated rings. The highest BCUT2D eigenvalue weighted by molar-refractivity contribution is 14.1. The summed E-state index contributed by atoms with van der Waals surface area (Å²) in [6.45, 7) is 0.363. The smallest absolute Gasteiger partial charge is 0.243 e. The Bertz CT molecular complexity index is 838. The second-order valence-corrected chi connectivity index (χ2v) is 9.07. The molecule has 2 aromatic carbocycles. The molecular formula is C18H19IN2O3S. The predicted molar refractivity (Wildman–Crippen MR) is 106 cm³/mol. The lowest BCUT2D eigenvalue weighted by Crippen LogP contribution is -2.49. The van der Waals surface area contributed by atoms with Gasteiger partial charge < -0.3 is 5.32 Å². The van der Waals surface area contributed by atoms with Gasteiger partial charge in [0.2, 0.25) is 15.9 Å². The Kier molecular flexibility index (Phi) is 5.75. The number of hydrogen-bond acceptors (Lipinski definition) is 3. The molecule has 1 saturated heterocycles. The SMILES string of the molecule is O=C(Nc1ccc(I)cc1)[C@H]1CCCCN1S(=O)(=O)c1ccccc1. The molecule has 0 aromatic heterocycles. The molecule has 25 heavy (non-hydrogen) atoms. The maximum Gasteiger partial charge on any atom is 0.243 e. The van der Waals surface area contributed by atoms with Crippen molar-refractivity contribution in [1.29, 1.82) is 0 Å². The third kappa shape index (κ3) is 4.21. The van der Waals surface area contributed by atoms with Crippen LogP contribution in [0.1, 0.15) is 19.3 Å². The van der Waals surface area contributed by atoms with Crippen LogP contribution in [0.4, 0.5) is 5.69 Å². The Hall–Kier alpha value is -1.45. The summed E-state index contributed by atoms with van der Waals surface area (Å²) in [5.74, 6) is -0.277. The number of hydrogen-bond donors (Lipinski definition) is 1. The molecule has 1 amide bonds. The van der Waals surface area contributed by atoms with Gasteiger partial charge in [0.15, 0.2) is 0 Å². The zero-order valence-corrected chi connectivity index (χ0v) is 16.5. The molecule has 132 valence electrons. The average Bonchev–Trinajstić information content (AvgIpc) is 2.64. The maximum absolute atomic E-state index is 12.9. The zero-order chi connectivity index (χ0) is 17.9. The number of amides is 1. The standard InChI is InChI=1S/C18H19IN2O3S/c19-14-9-11-15(12-10-14)20-18(22)17-8-4-5-13-21(17)25(23,24)16-6-2-1-3-7-16/h1-3,6-7,9-12,17H,4-5,8,13H2,(H,20,22)/t17-/m1/s1. The number of carbonyl (C=O) groups excluding carboxylic acids is 1. The number of benzene rings is 2. The Morgan fingerprint density at radius 3 is 2.40 bits per heavy atom. The van der Waals surface area contributed by atoms with Crippen molar-refractivity contribution >= 4 is 44.2 Å². The number of carbonyl (C=O) groups is 1. The minimum atomic E-state index is -3.68. The van der Waals surface area contributed by atoms with Gasteiger partial charge in [0.05, 0.1) is 4.90 Å². The number of piperidine rings is 1. The van der Waals surface area contributed by atoms with Crippen LogP contribution in [0, 0.1) is 3.57 Å².